The first-order chi connectivity index (χ1) is 8.63. The number of aromatic nitrogens is 3. The molecule has 5 nitrogen and oxygen atoms in total. The SMILES string of the molecule is CCc1cnccc1-c1noc([C@@H](N)C(C)C)n1. The van der Waals surface area contributed by atoms with Crippen molar-refractivity contribution in [3.63, 3.8) is 0 Å². The highest BCUT2D eigenvalue weighted by Gasteiger charge is 2.19. The summed E-state index contributed by atoms with van der Waals surface area (Å²) in [7, 11) is 0. The maximum absolute atomic E-state index is 5.99. The fourth-order valence-electron chi connectivity index (χ4n) is 1.69. The van der Waals surface area contributed by atoms with Crippen LogP contribution in [0.3, 0.4) is 0 Å². The van der Waals surface area contributed by atoms with Crippen LogP contribution in [0.5, 0.6) is 0 Å². The quantitative estimate of drug-likeness (QED) is 0.895. The van der Waals surface area contributed by atoms with E-state index in [9.17, 15) is 0 Å². The molecule has 0 aliphatic rings. The van der Waals surface area contributed by atoms with Crippen molar-refractivity contribution in [2.24, 2.45) is 11.7 Å². The maximum atomic E-state index is 5.99. The molecule has 96 valence electrons. The van der Waals surface area contributed by atoms with Crippen molar-refractivity contribution in [3.05, 3.63) is 29.9 Å². The first kappa shape index (κ1) is 12.7. The monoisotopic (exact) mass is 246 g/mol. The predicted octanol–water partition coefficient (Wildman–Crippen LogP) is 2.35. The lowest BCUT2D eigenvalue weighted by atomic mass is 10.1. The molecule has 2 heterocycles. The van der Waals surface area contributed by atoms with E-state index in [4.69, 9.17) is 10.3 Å². The lowest BCUT2D eigenvalue weighted by Crippen LogP contribution is -2.16. The van der Waals surface area contributed by atoms with E-state index in [1.165, 1.54) is 0 Å². The van der Waals surface area contributed by atoms with Gasteiger partial charge in [0.05, 0.1) is 6.04 Å². The van der Waals surface area contributed by atoms with Gasteiger partial charge in [-0.15, -0.1) is 0 Å². The molecule has 18 heavy (non-hydrogen) atoms. The van der Waals surface area contributed by atoms with Crippen LogP contribution < -0.4 is 5.73 Å². The Hall–Kier alpha value is -1.75. The molecule has 2 rings (SSSR count). The van der Waals surface area contributed by atoms with Gasteiger partial charge in [-0.3, -0.25) is 4.98 Å². The number of hydrogen-bond acceptors (Lipinski definition) is 5. The molecule has 0 aromatic carbocycles. The van der Waals surface area contributed by atoms with Crippen LogP contribution in [-0.2, 0) is 6.42 Å². The fraction of sp³-hybridized carbons (Fsp3) is 0.462. The van der Waals surface area contributed by atoms with E-state index in [2.05, 4.69) is 22.0 Å². The minimum atomic E-state index is -0.224. The van der Waals surface area contributed by atoms with Crippen molar-refractivity contribution in [1.29, 1.82) is 0 Å². The topological polar surface area (TPSA) is 77.8 Å². The first-order valence-electron chi connectivity index (χ1n) is 6.16. The Morgan fingerprint density at radius 1 is 1.39 bits per heavy atom. The molecule has 0 saturated carbocycles. The molecule has 2 N–H and O–H groups in total. The Labute approximate surface area is 106 Å². The normalized spacial score (nSPS) is 12.9. The van der Waals surface area contributed by atoms with Gasteiger partial charge in [-0.25, -0.2) is 0 Å². The molecule has 0 saturated heterocycles. The van der Waals surface area contributed by atoms with Gasteiger partial charge in [-0.05, 0) is 24.0 Å². The number of rotatable bonds is 4. The van der Waals surface area contributed by atoms with Crippen LogP contribution in [0.2, 0.25) is 0 Å². The number of pyridine rings is 1. The van der Waals surface area contributed by atoms with Gasteiger partial charge < -0.3 is 10.3 Å². The standard InChI is InChI=1S/C13H18N4O/c1-4-9-7-15-6-5-10(9)12-16-13(18-17-12)11(14)8(2)3/h5-8,11H,4,14H2,1-3H3/t11-/m0/s1. The second-order valence-corrected chi connectivity index (χ2v) is 4.61. The zero-order valence-corrected chi connectivity index (χ0v) is 10.9. The Morgan fingerprint density at radius 2 is 2.17 bits per heavy atom. The molecule has 0 unspecified atom stereocenters. The number of nitrogens with zero attached hydrogens (tertiary/aromatic N) is 3. The number of aryl methyl sites for hydroxylation is 1. The highest BCUT2D eigenvalue weighted by molar-refractivity contribution is 5.58. The average Bonchev–Trinajstić information content (AvgIpc) is 2.87. The van der Waals surface area contributed by atoms with Gasteiger partial charge in [0.15, 0.2) is 0 Å². The molecule has 0 bridgehead atoms. The summed E-state index contributed by atoms with van der Waals surface area (Å²) in [4.78, 5) is 8.48. The van der Waals surface area contributed by atoms with E-state index in [0.29, 0.717) is 11.7 Å². The van der Waals surface area contributed by atoms with Crippen LogP contribution in [0.4, 0.5) is 0 Å². The summed E-state index contributed by atoms with van der Waals surface area (Å²) in [6, 6.07) is 1.67. The van der Waals surface area contributed by atoms with Crippen molar-refractivity contribution in [2.45, 2.75) is 33.2 Å². The molecule has 5 heteroatoms. The second-order valence-electron chi connectivity index (χ2n) is 4.61. The third kappa shape index (κ3) is 2.41. The fourth-order valence-corrected chi connectivity index (χ4v) is 1.69. The number of hydrogen-bond donors (Lipinski definition) is 1. The maximum Gasteiger partial charge on any atom is 0.244 e. The summed E-state index contributed by atoms with van der Waals surface area (Å²) in [5.41, 5.74) is 8.05. The molecule has 0 aliphatic heterocycles. The third-order valence-electron chi connectivity index (χ3n) is 2.97. The van der Waals surface area contributed by atoms with E-state index < -0.39 is 0 Å². The summed E-state index contributed by atoms with van der Waals surface area (Å²) in [6.07, 6.45) is 4.43. The molecule has 0 radical (unpaired) electrons. The largest absolute Gasteiger partial charge is 0.337 e. The van der Waals surface area contributed by atoms with Gasteiger partial charge in [0.25, 0.3) is 0 Å². The highest BCUT2D eigenvalue weighted by Crippen LogP contribution is 2.23. The van der Waals surface area contributed by atoms with Crippen LogP contribution in [0.15, 0.2) is 23.0 Å². The Morgan fingerprint density at radius 3 is 2.83 bits per heavy atom. The minimum Gasteiger partial charge on any atom is -0.337 e. The molecule has 0 amide bonds. The van der Waals surface area contributed by atoms with Gasteiger partial charge in [0.1, 0.15) is 0 Å². The molecular weight excluding hydrogens is 228 g/mol. The Balaban J connectivity index is 2.35. The lowest BCUT2D eigenvalue weighted by molar-refractivity contribution is 0.325. The molecule has 2 aromatic rings. The van der Waals surface area contributed by atoms with Gasteiger partial charge in [-0.1, -0.05) is 25.9 Å². The van der Waals surface area contributed by atoms with Crippen molar-refractivity contribution in [3.8, 4) is 11.4 Å². The van der Waals surface area contributed by atoms with E-state index >= 15 is 0 Å². The summed E-state index contributed by atoms with van der Waals surface area (Å²) < 4.78 is 5.24. The van der Waals surface area contributed by atoms with Crippen LogP contribution in [0.1, 0.15) is 38.3 Å². The number of nitrogens with two attached hydrogens (primary N) is 1. The van der Waals surface area contributed by atoms with Crippen LogP contribution >= 0.6 is 0 Å². The van der Waals surface area contributed by atoms with Crippen LogP contribution in [0.25, 0.3) is 11.4 Å². The Kier molecular flexibility index (Phi) is 3.72. The Bertz CT molecular complexity index is 521. The van der Waals surface area contributed by atoms with Crippen molar-refractivity contribution in [1.82, 2.24) is 15.1 Å². The van der Waals surface area contributed by atoms with E-state index in [1.54, 1.807) is 6.20 Å². The van der Waals surface area contributed by atoms with Gasteiger partial charge in [0.2, 0.25) is 11.7 Å². The molecule has 0 spiro atoms. The highest BCUT2D eigenvalue weighted by atomic mass is 16.5. The smallest absolute Gasteiger partial charge is 0.244 e. The lowest BCUT2D eigenvalue weighted by Gasteiger charge is -2.09. The zero-order chi connectivity index (χ0) is 13.1. The van der Waals surface area contributed by atoms with Crippen molar-refractivity contribution < 1.29 is 4.52 Å². The average molecular weight is 246 g/mol. The summed E-state index contributed by atoms with van der Waals surface area (Å²) >= 11 is 0. The van der Waals surface area contributed by atoms with Gasteiger partial charge >= 0.3 is 0 Å². The summed E-state index contributed by atoms with van der Waals surface area (Å²) in [6.45, 7) is 6.12. The minimum absolute atomic E-state index is 0.224. The summed E-state index contributed by atoms with van der Waals surface area (Å²) in [5.74, 6) is 1.33. The van der Waals surface area contributed by atoms with Crippen LogP contribution in [-0.4, -0.2) is 15.1 Å². The van der Waals surface area contributed by atoms with Gasteiger partial charge in [0, 0.05) is 18.0 Å². The van der Waals surface area contributed by atoms with E-state index in [0.717, 1.165) is 17.5 Å². The predicted molar refractivity (Wildman–Crippen MR) is 68.7 cm³/mol. The van der Waals surface area contributed by atoms with E-state index in [-0.39, 0.29) is 12.0 Å². The van der Waals surface area contributed by atoms with Gasteiger partial charge in [-0.2, -0.15) is 4.98 Å². The molecular formula is C13H18N4O. The third-order valence-corrected chi connectivity index (χ3v) is 2.97. The van der Waals surface area contributed by atoms with Crippen molar-refractivity contribution in [2.75, 3.05) is 0 Å². The van der Waals surface area contributed by atoms with E-state index in [1.807, 2.05) is 26.1 Å². The van der Waals surface area contributed by atoms with Crippen molar-refractivity contribution >= 4 is 0 Å². The molecule has 1 atom stereocenters. The molecule has 0 fully saturated rings. The molecule has 0 aliphatic carbocycles. The zero-order valence-electron chi connectivity index (χ0n) is 10.9. The first-order valence-corrected chi connectivity index (χ1v) is 6.16. The second kappa shape index (κ2) is 5.27. The summed E-state index contributed by atoms with van der Waals surface area (Å²) in [5, 5.41) is 4.00. The molecule has 2 aromatic heterocycles. The van der Waals surface area contributed by atoms with Crippen LogP contribution in [0, 0.1) is 5.92 Å².